The molecule has 0 bridgehead atoms. The molecule has 1 rings (SSSR count). The van der Waals surface area contributed by atoms with Gasteiger partial charge in [-0.15, -0.1) is 0 Å². The van der Waals surface area contributed by atoms with E-state index in [0.717, 1.165) is 25.2 Å². The summed E-state index contributed by atoms with van der Waals surface area (Å²) < 4.78 is 19.3. The highest BCUT2D eigenvalue weighted by Gasteiger charge is 2.12. The lowest BCUT2D eigenvalue weighted by atomic mass is 10.1. The second-order valence-electron chi connectivity index (χ2n) is 4.80. The Morgan fingerprint density at radius 2 is 1.95 bits per heavy atom. The fraction of sp³-hybridized carbons (Fsp3) is 0.600. The molecule has 0 saturated carbocycles. The second-order valence-corrected chi connectivity index (χ2v) is 4.80. The quantitative estimate of drug-likeness (QED) is 0.826. The predicted octanol–water partition coefficient (Wildman–Crippen LogP) is 2.87. The van der Waals surface area contributed by atoms with Crippen LogP contribution < -0.4 is 10.5 Å². The molecule has 0 heterocycles. The molecule has 0 aliphatic carbocycles. The number of rotatable bonds is 7. The van der Waals surface area contributed by atoms with Gasteiger partial charge in [0, 0.05) is 18.2 Å². The molecule has 108 valence electrons. The van der Waals surface area contributed by atoms with Gasteiger partial charge in [-0.05, 0) is 44.6 Å². The topological polar surface area (TPSA) is 38.5 Å². The number of benzene rings is 1. The van der Waals surface area contributed by atoms with Crippen LogP contribution in [0.1, 0.15) is 37.9 Å². The van der Waals surface area contributed by atoms with Gasteiger partial charge in [-0.25, -0.2) is 4.39 Å². The summed E-state index contributed by atoms with van der Waals surface area (Å²) in [6.45, 7) is 11.3. The van der Waals surface area contributed by atoms with Gasteiger partial charge in [0.2, 0.25) is 0 Å². The molecule has 1 aromatic carbocycles. The van der Waals surface area contributed by atoms with E-state index in [-0.39, 0.29) is 11.9 Å². The van der Waals surface area contributed by atoms with Crippen molar-refractivity contribution in [3.63, 3.8) is 0 Å². The van der Waals surface area contributed by atoms with Crippen molar-refractivity contribution < 1.29 is 9.13 Å². The van der Waals surface area contributed by atoms with Crippen molar-refractivity contribution in [3.8, 4) is 5.75 Å². The van der Waals surface area contributed by atoms with Gasteiger partial charge in [0.15, 0.2) is 0 Å². The number of hydrogen-bond donors (Lipinski definition) is 1. The average Bonchev–Trinajstić information content (AvgIpc) is 2.38. The number of hydrogen-bond acceptors (Lipinski definition) is 3. The Kier molecular flexibility index (Phi) is 6.25. The lowest BCUT2D eigenvalue weighted by Gasteiger charge is -2.20. The minimum absolute atomic E-state index is 0.233. The van der Waals surface area contributed by atoms with Crippen molar-refractivity contribution in [1.29, 1.82) is 0 Å². The fourth-order valence-corrected chi connectivity index (χ4v) is 1.98. The molecule has 4 heteroatoms. The minimum atomic E-state index is -0.237. The zero-order valence-corrected chi connectivity index (χ0v) is 12.4. The molecular weight excluding hydrogens is 243 g/mol. The van der Waals surface area contributed by atoms with Crippen LogP contribution >= 0.6 is 0 Å². The first-order valence-electron chi connectivity index (χ1n) is 6.90. The van der Waals surface area contributed by atoms with Crippen LogP contribution in [0.25, 0.3) is 0 Å². The summed E-state index contributed by atoms with van der Waals surface area (Å²) in [5.74, 6) is 0.462. The normalized spacial score (nSPS) is 12.8. The van der Waals surface area contributed by atoms with E-state index >= 15 is 0 Å². The van der Waals surface area contributed by atoms with Crippen LogP contribution in [-0.2, 0) is 0 Å². The van der Waals surface area contributed by atoms with Gasteiger partial charge in [0.05, 0.1) is 0 Å². The summed E-state index contributed by atoms with van der Waals surface area (Å²) in [5, 5.41) is 0. The molecule has 0 aliphatic rings. The fourth-order valence-electron chi connectivity index (χ4n) is 1.98. The second kappa shape index (κ2) is 7.46. The van der Waals surface area contributed by atoms with E-state index in [9.17, 15) is 4.39 Å². The molecule has 0 fully saturated rings. The lowest BCUT2D eigenvalue weighted by Crippen LogP contribution is -2.28. The molecule has 19 heavy (non-hydrogen) atoms. The third-order valence-corrected chi connectivity index (χ3v) is 3.34. The molecule has 2 N–H and O–H groups in total. The minimum Gasteiger partial charge on any atom is -0.492 e. The van der Waals surface area contributed by atoms with E-state index in [1.54, 1.807) is 13.0 Å². The third kappa shape index (κ3) is 4.48. The van der Waals surface area contributed by atoms with E-state index in [0.29, 0.717) is 17.9 Å². The summed E-state index contributed by atoms with van der Waals surface area (Å²) in [6.07, 6.45) is 0. The zero-order chi connectivity index (χ0) is 14.4. The Hall–Kier alpha value is -1.13. The number of likely N-dealkylation sites (N-methyl/N-ethyl adjacent to an activating group) is 1. The van der Waals surface area contributed by atoms with Crippen molar-refractivity contribution in [3.05, 3.63) is 29.1 Å². The van der Waals surface area contributed by atoms with E-state index in [2.05, 4.69) is 18.7 Å². The van der Waals surface area contributed by atoms with Crippen molar-refractivity contribution in [2.24, 2.45) is 5.73 Å². The summed E-state index contributed by atoms with van der Waals surface area (Å²) in [7, 11) is 0. The van der Waals surface area contributed by atoms with Crippen LogP contribution in [0.4, 0.5) is 4.39 Å². The number of ether oxygens (including phenoxy) is 1. The summed E-state index contributed by atoms with van der Waals surface area (Å²) in [4.78, 5) is 2.28. The van der Waals surface area contributed by atoms with Gasteiger partial charge in [-0.3, -0.25) is 0 Å². The molecule has 0 saturated heterocycles. The van der Waals surface area contributed by atoms with Crippen molar-refractivity contribution >= 4 is 0 Å². The molecule has 0 radical (unpaired) electrons. The molecule has 0 amide bonds. The average molecular weight is 268 g/mol. The van der Waals surface area contributed by atoms with Crippen LogP contribution in [0.15, 0.2) is 12.1 Å². The molecule has 0 unspecified atom stereocenters. The zero-order valence-electron chi connectivity index (χ0n) is 12.4. The summed E-state index contributed by atoms with van der Waals surface area (Å²) >= 11 is 0. The molecule has 0 aliphatic heterocycles. The highest BCUT2D eigenvalue weighted by molar-refractivity contribution is 5.39. The third-order valence-electron chi connectivity index (χ3n) is 3.34. The van der Waals surface area contributed by atoms with Crippen LogP contribution in [-0.4, -0.2) is 31.1 Å². The molecule has 0 spiro atoms. The Morgan fingerprint density at radius 3 is 2.47 bits per heavy atom. The summed E-state index contributed by atoms with van der Waals surface area (Å²) in [5.41, 5.74) is 7.17. The summed E-state index contributed by atoms with van der Waals surface area (Å²) in [6, 6.07) is 2.97. The van der Waals surface area contributed by atoms with Crippen molar-refractivity contribution in [1.82, 2.24) is 4.90 Å². The van der Waals surface area contributed by atoms with Crippen LogP contribution in [0.5, 0.6) is 5.75 Å². The van der Waals surface area contributed by atoms with E-state index in [1.165, 1.54) is 6.07 Å². The maximum Gasteiger partial charge on any atom is 0.126 e. The maximum absolute atomic E-state index is 13.6. The van der Waals surface area contributed by atoms with Crippen LogP contribution in [0, 0.1) is 12.7 Å². The van der Waals surface area contributed by atoms with E-state index in [1.807, 2.05) is 6.92 Å². The molecule has 1 aromatic rings. The number of aryl methyl sites for hydroxylation is 1. The van der Waals surface area contributed by atoms with Gasteiger partial charge < -0.3 is 15.4 Å². The van der Waals surface area contributed by atoms with Gasteiger partial charge in [-0.2, -0.15) is 0 Å². The highest BCUT2D eigenvalue weighted by Crippen LogP contribution is 2.27. The molecule has 3 nitrogen and oxygen atoms in total. The monoisotopic (exact) mass is 268 g/mol. The van der Waals surface area contributed by atoms with Crippen LogP contribution in [0.3, 0.4) is 0 Å². The largest absolute Gasteiger partial charge is 0.492 e. The standard InChI is InChI=1S/C15H25FN2O/c1-5-18(6-2)7-8-19-15-9-11(3)14(16)10-13(15)12(4)17/h9-10,12H,5-8,17H2,1-4H3/t12-/m0/s1. The smallest absolute Gasteiger partial charge is 0.126 e. The highest BCUT2D eigenvalue weighted by atomic mass is 19.1. The van der Waals surface area contributed by atoms with Crippen molar-refractivity contribution in [2.75, 3.05) is 26.2 Å². The van der Waals surface area contributed by atoms with Gasteiger partial charge in [0.25, 0.3) is 0 Å². The van der Waals surface area contributed by atoms with Gasteiger partial charge in [0.1, 0.15) is 18.2 Å². The van der Waals surface area contributed by atoms with Gasteiger partial charge >= 0.3 is 0 Å². The predicted molar refractivity (Wildman–Crippen MR) is 77.0 cm³/mol. The number of nitrogens with two attached hydrogens (primary N) is 1. The van der Waals surface area contributed by atoms with Gasteiger partial charge in [-0.1, -0.05) is 13.8 Å². The maximum atomic E-state index is 13.6. The van der Waals surface area contributed by atoms with Crippen molar-refractivity contribution in [2.45, 2.75) is 33.7 Å². The number of nitrogens with zero attached hydrogens (tertiary/aromatic N) is 1. The Labute approximate surface area is 115 Å². The Balaban J connectivity index is 2.74. The molecular formula is C15H25FN2O. The first kappa shape index (κ1) is 15.9. The SMILES string of the molecule is CCN(CC)CCOc1cc(C)c(F)cc1[C@H](C)N. The number of halogens is 1. The molecule has 1 atom stereocenters. The lowest BCUT2D eigenvalue weighted by molar-refractivity contribution is 0.221. The van der Waals surface area contributed by atoms with E-state index < -0.39 is 0 Å². The van der Waals surface area contributed by atoms with Crippen LogP contribution in [0.2, 0.25) is 0 Å². The Bertz CT molecular complexity index is 403. The first-order valence-corrected chi connectivity index (χ1v) is 6.90. The first-order chi connectivity index (χ1) is 8.99. The molecule has 0 aromatic heterocycles. The Morgan fingerprint density at radius 1 is 1.32 bits per heavy atom. The van der Waals surface area contributed by atoms with E-state index in [4.69, 9.17) is 10.5 Å².